The van der Waals surface area contributed by atoms with Crippen molar-refractivity contribution >= 4 is 11.0 Å². The van der Waals surface area contributed by atoms with E-state index in [0.29, 0.717) is 23.3 Å². The van der Waals surface area contributed by atoms with E-state index in [9.17, 15) is 8.78 Å². The molecule has 3 heterocycles. The zero-order valence-electron chi connectivity index (χ0n) is 18.5. The molecule has 0 amide bonds. The molecule has 0 spiro atoms. The highest BCUT2D eigenvalue weighted by atomic mass is 19.2. The third kappa shape index (κ3) is 4.08. The summed E-state index contributed by atoms with van der Waals surface area (Å²) < 4.78 is 35.3. The van der Waals surface area contributed by atoms with Crippen molar-refractivity contribution in [2.24, 2.45) is 0 Å². The van der Waals surface area contributed by atoms with Gasteiger partial charge in [0.05, 0.1) is 5.56 Å². The van der Waals surface area contributed by atoms with E-state index in [2.05, 4.69) is 39.4 Å². The number of fused-ring (bicyclic) bond motifs is 1. The van der Waals surface area contributed by atoms with Crippen LogP contribution in [0.25, 0.3) is 44.8 Å². The number of halogens is 2. The first-order valence-corrected chi connectivity index (χ1v) is 11.1. The summed E-state index contributed by atoms with van der Waals surface area (Å²) >= 11 is 0. The number of nitrogens with one attached hydrogen (secondary N) is 1. The lowest BCUT2D eigenvalue weighted by molar-refractivity contribution is -0.688. The van der Waals surface area contributed by atoms with Gasteiger partial charge < -0.3 is 9.51 Å². The van der Waals surface area contributed by atoms with Gasteiger partial charge in [-0.15, -0.1) is 0 Å². The highest BCUT2D eigenvalue weighted by Gasteiger charge is 2.16. The zero-order valence-corrected chi connectivity index (χ0v) is 18.5. The molecule has 0 radical (unpaired) electrons. The fourth-order valence-corrected chi connectivity index (χ4v) is 4.08. The monoisotopic (exact) mass is 465 g/mol. The molecule has 3 aromatic carbocycles. The first-order chi connectivity index (χ1) is 17.1. The smallest absolute Gasteiger partial charge is 0.208 e. The molecular formula is C28H19F2N4O+. The molecule has 170 valence electrons. The van der Waals surface area contributed by atoms with Crippen LogP contribution in [-0.4, -0.2) is 15.1 Å². The Bertz CT molecular complexity index is 1640. The molecule has 0 unspecified atom stereocenters. The SMILES string of the molecule is Fc1cccc(-c2nc3cc[n+](Cc4cc(-c5ccc(-c6ccccc6)cc5)no4)cc3[nH]2)c1F. The number of pyridine rings is 1. The normalized spacial score (nSPS) is 11.3. The van der Waals surface area contributed by atoms with Gasteiger partial charge in [0.2, 0.25) is 12.3 Å². The van der Waals surface area contributed by atoms with E-state index < -0.39 is 11.6 Å². The van der Waals surface area contributed by atoms with Crippen LogP contribution < -0.4 is 4.57 Å². The van der Waals surface area contributed by atoms with Crippen LogP contribution in [-0.2, 0) is 6.54 Å². The van der Waals surface area contributed by atoms with Gasteiger partial charge in [0, 0.05) is 17.7 Å². The average molecular weight is 465 g/mol. The van der Waals surface area contributed by atoms with E-state index in [1.807, 2.05) is 59.4 Å². The van der Waals surface area contributed by atoms with Gasteiger partial charge in [-0.2, -0.15) is 4.57 Å². The van der Waals surface area contributed by atoms with Crippen molar-refractivity contribution in [1.82, 2.24) is 15.1 Å². The van der Waals surface area contributed by atoms with Crippen LogP contribution in [0.3, 0.4) is 0 Å². The Kier molecular flexibility index (Phi) is 5.15. The Hall–Kier alpha value is -4.65. The molecule has 3 aromatic heterocycles. The molecule has 0 aliphatic heterocycles. The number of aromatic amines is 1. The molecule has 1 N–H and O–H groups in total. The number of hydrogen-bond donors (Lipinski definition) is 1. The lowest BCUT2D eigenvalue weighted by atomic mass is 10.0. The second kappa shape index (κ2) is 8.61. The molecule has 0 atom stereocenters. The maximum absolute atomic E-state index is 14.2. The average Bonchev–Trinajstić information content (AvgIpc) is 3.53. The number of benzene rings is 3. The van der Waals surface area contributed by atoms with Gasteiger partial charge in [-0.3, -0.25) is 0 Å². The van der Waals surface area contributed by atoms with Gasteiger partial charge in [-0.1, -0.05) is 65.8 Å². The minimum Gasteiger partial charge on any atom is -0.354 e. The van der Waals surface area contributed by atoms with Crippen LogP contribution >= 0.6 is 0 Å². The first kappa shape index (κ1) is 20.9. The predicted octanol–water partition coefficient (Wildman–Crippen LogP) is 6.17. The van der Waals surface area contributed by atoms with Crippen molar-refractivity contribution in [1.29, 1.82) is 0 Å². The van der Waals surface area contributed by atoms with Gasteiger partial charge in [-0.05, 0) is 23.3 Å². The summed E-state index contributed by atoms with van der Waals surface area (Å²) in [6.45, 7) is 0.452. The van der Waals surface area contributed by atoms with Gasteiger partial charge in [0.15, 0.2) is 24.0 Å². The summed E-state index contributed by atoms with van der Waals surface area (Å²) in [5.74, 6) is -0.873. The lowest BCUT2D eigenvalue weighted by Crippen LogP contribution is -2.32. The van der Waals surface area contributed by atoms with Crippen LogP contribution in [0.4, 0.5) is 8.78 Å². The highest BCUT2D eigenvalue weighted by molar-refractivity contribution is 5.77. The molecule has 5 nitrogen and oxygen atoms in total. The largest absolute Gasteiger partial charge is 0.354 e. The summed E-state index contributed by atoms with van der Waals surface area (Å²) in [6.07, 6.45) is 3.70. The Morgan fingerprint density at radius 3 is 2.43 bits per heavy atom. The minimum absolute atomic E-state index is 0.0888. The Morgan fingerprint density at radius 2 is 1.60 bits per heavy atom. The molecular weight excluding hydrogens is 446 g/mol. The number of H-pyrrole nitrogens is 1. The summed E-state index contributed by atoms with van der Waals surface area (Å²) in [5.41, 5.74) is 5.46. The van der Waals surface area contributed by atoms with Crippen LogP contribution in [0.2, 0.25) is 0 Å². The van der Waals surface area contributed by atoms with Crippen molar-refractivity contribution < 1.29 is 17.9 Å². The molecule has 0 aliphatic carbocycles. The van der Waals surface area contributed by atoms with E-state index in [4.69, 9.17) is 4.52 Å². The van der Waals surface area contributed by atoms with Gasteiger partial charge in [-0.25, -0.2) is 13.8 Å². The third-order valence-electron chi connectivity index (χ3n) is 5.87. The molecule has 0 saturated heterocycles. The van der Waals surface area contributed by atoms with Crippen molar-refractivity contribution in [2.45, 2.75) is 6.54 Å². The van der Waals surface area contributed by atoms with Crippen LogP contribution in [0.1, 0.15) is 5.76 Å². The standard InChI is InChI=1S/C28H18F2N4O/c29-23-8-4-7-22(27(23)30)28-31-24-13-14-34(17-26(24)32-28)16-21-15-25(33-35-21)20-11-9-19(10-12-20)18-5-2-1-3-6-18/h1-15,17H,16H2/p+1. The number of hydrogen-bond acceptors (Lipinski definition) is 3. The van der Waals surface area contributed by atoms with Crippen molar-refractivity contribution in [3.63, 3.8) is 0 Å². The highest BCUT2D eigenvalue weighted by Crippen LogP contribution is 2.26. The van der Waals surface area contributed by atoms with Crippen molar-refractivity contribution in [3.05, 3.63) is 115 Å². The summed E-state index contributed by atoms with van der Waals surface area (Å²) in [7, 11) is 0. The minimum atomic E-state index is -0.926. The third-order valence-corrected chi connectivity index (χ3v) is 5.87. The number of aromatic nitrogens is 4. The summed E-state index contributed by atoms with van der Waals surface area (Å²) in [6, 6.07) is 26.1. The van der Waals surface area contributed by atoms with Crippen LogP contribution in [0, 0.1) is 11.6 Å². The van der Waals surface area contributed by atoms with Crippen LogP contribution in [0.5, 0.6) is 0 Å². The molecule has 0 fully saturated rings. The quantitative estimate of drug-likeness (QED) is 0.310. The second-order valence-electron chi connectivity index (χ2n) is 8.22. The lowest BCUT2D eigenvalue weighted by Gasteiger charge is -2.02. The number of nitrogens with zero attached hydrogens (tertiary/aromatic N) is 3. The molecule has 0 saturated carbocycles. The number of rotatable bonds is 5. The van der Waals surface area contributed by atoms with Crippen molar-refractivity contribution in [2.75, 3.05) is 0 Å². The molecule has 7 heteroatoms. The molecule has 6 aromatic rings. The van der Waals surface area contributed by atoms with Gasteiger partial charge in [0.25, 0.3) is 0 Å². The summed E-state index contributed by atoms with van der Waals surface area (Å²) in [4.78, 5) is 7.47. The van der Waals surface area contributed by atoms with Gasteiger partial charge in [0.1, 0.15) is 22.6 Å². The fourth-order valence-electron chi connectivity index (χ4n) is 4.08. The maximum Gasteiger partial charge on any atom is 0.208 e. The van der Waals surface area contributed by atoms with Crippen LogP contribution in [0.15, 0.2) is 102 Å². The molecule has 0 aliphatic rings. The fraction of sp³-hybridized carbons (Fsp3) is 0.0357. The Morgan fingerprint density at radius 1 is 0.829 bits per heavy atom. The van der Waals surface area contributed by atoms with E-state index >= 15 is 0 Å². The van der Waals surface area contributed by atoms with E-state index in [1.165, 1.54) is 12.1 Å². The Balaban J connectivity index is 1.22. The summed E-state index contributed by atoms with van der Waals surface area (Å²) in [5, 5.41) is 4.22. The van der Waals surface area contributed by atoms with Gasteiger partial charge >= 0.3 is 0 Å². The first-order valence-electron chi connectivity index (χ1n) is 11.1. The second-order valence-corrected chi connectivity index (χ2v) is 8.22. The van der Waals surface area contributed by atoms with Crippen molar-refractivity contribution in [3.8, 4) is 33.8 Å². The maximum atomic E-state index is 14.2. The zero-order chi connectivity index (χ0) is 23.8. The topological polar surface area (TPSA) is 58.6 Å². The Labute approximate surface area is 199 Å². The van der Waals surface area contributed by atoms with E-state index in [0.717, 1.165) is 28.5 Å². The molecule has 35 heavy (non-hydrogen) atoms. The van der Waals surface area contributed by atoms with E-state index in [-0.39, 0.29) is 11.4 Å². The molecule has 0 bridgehead atoms. The van der Waals surface area contributed by atoms with E-state index in [1.54, 1.807) is 0 Å². The molecule has 6 rings (SSSR count). The number of imidazole rings is 1. The predicted molar refractivity (Wildman–Crippen MR) is 128 cm³/mol.